The van der Waals surface area contributed by atoms with Gasteiger partial charge in [-0.15, -0.1) is 0 Å². The predicted octanol–water partition coefficient (Wildman–Crippen LogP) is 1.88. The molecule has 0 radical (unpaired) electrons. The first-order valence-electron chi connectivity index (χ1n) is 6.65. The number of fused-ring (bicyclic) bond motifs is 1. The summed E-state index contributed by atoms with van der Waals surface area (Å²) in [7, 11) is 0. The van der Waals surface area contributed by atoms with Gasteiger partial charge in [0.1, 0.15) is 0 Å². The second-order valence-corrected chi connectivity index (χ2v) is 4.84. The van der Waals surface area contributed by atoms with Crippen LogP contribution in [0.1, 0.15) is 30.1 Å². The van der Waals surface area contributed by atoms with Gasteiger partial charge in [0.2, 0.25) is 5.91 Å². The van der Waals surface area contributed by atoms with Crippen molar-refractivity contribution in [1.82, 2.24) is 9.78 Å². The summed E-state index contributed by atoms with van der Waals surface area (Å²) in [6, 6.07) is 3.17. The molecule has 3 rings (SSSR count). The van der Waals surface area contributed by atoms with Crippen molar-refractivity contribution >= 4 is 28.5 Å². The Morgan fingerprint density at radius 3 is 2.85 bits per heavy atom. The fraction of sp³-hybridized carbons (Fsp3) is 0.357. The van der Waals surface area contributed by atoms with Crippen molar-refractivity contribution < 1.29 is 14.7 Å². The standard InChI is InChI=1S/C14H15N3O3/c1-2-17-12-7-9(14(19)20)6-11(10(12)8-15-17)16-5-3-4-13(16)18/h6-8H,2-5H2,1H3,(H,19,20). The van der Waals surface area contributed by atoms with Crippen LogP contribution in [0, 0.1) is 0 Å². The summed E-state index contributed by atoms with van der Waals surface area (Å²) >= 11 is 0. The number of rotatable bonds is 3. The first-order chi connectivity index (χ1) is 9.61. The van der Waals surface area contributed by atoms with Gasteiger partial charge in [0.25, 0.3) is 0 Å². The van der Waals surface area contributed by atoms with E-state index < -0.39 is 5.97 Å². The van der Waals surface area contributed by atoms with E-state index in [2.05, 4.69) is 5.10 Å². The number of carboxylic acid groups (broad SMARTS) is 1. The van der Waals surface area contributed by atoms with E-state index in [4.69, 9.17) is 0 Å². The van der Waals surface area contributed by atoms with Crippen LogP contribution in [0.3, 0.4) is 0 Å². The third-order valence-electron chi connectivity index (χ3n) is 3.65. The number of aromatic nitrogens is 2. The second-order valence-electron chi connectivity index (χ2n) is 4.84. The average molecular weight is 273 g/mol. The molecule has 0 atom stereocenters. The SMILES string of the molecule is CCn1ncc2c(N3CCCC3=O)cc(C(=O)O)cc21. The van der Waals surface area contributed by atoms with Crippen LogP contribution in [0.25, 0.3) is 10.9 Å². The molecule has 1 aromatic carbocycles. The molecule has 0 aliphatic carbocycles. The van der Waals surface area contributed by atoms with E-state index in [0.29, 0.717) is 25.2 Å². The number of nitrogens with zero attached hydrogens (tertiary/aromatic N) is 3. The Balaban J connectivity index is 2.26. The number of amides is 1. The lowest BCUT2D eigenvalue weighted by molar-refractivity contribution is -0.117. The van der Waals surface area contributed by atoms with Gasteiger partial charge in [-0.1, -0.05) is 0 Å². The van der Waals surface area contributed by atoms with Gasteiger partial charge in [-0.2, -0.15) is 5.10 Å². The van der Waals surface area contributed by atoms with Gasteiger partial charge in [0.05, 0.1) is 23.0 Å². The summed E-state index contributed by atoms with van der Waals surface area (Å²) in [6.07, 6.45) is 3.02. The molecule has 2 aromatic rings. The number of anilines is 1. The largest absolute Gasteiger partial charge is 0.478 e. The predicted molar refractivity (Wildman–Crippen MR) is 74.0 cm³/mol. The molecular formula is C14H15N3O3. The van der Waals surface area contributed by atoms with Crippen LogP contribution < -0.4 is 4.90 Å². The Hall–Kier alpha value is -2.37. The molecule has 1 saturated heterocycles. The minimum atomic E-state index is -0.997. The third-order valence-corrected chi connectivity index (χ3v) is 3.65. The van der Waals surface area contributed by atoms with Gasteiger partial charge < -0.3 is 10.0 Å². The van der Waals surface area contributed by atoms with Crippen LogP contribution in [0.2, 0.25) is 0 Å². The molecule has 2 heterocycles. The van der Waals surface area contributed by atoms with Gasteiger partial charge in [-0.05, 0) is 25.5 Å². The lowest BCUT2D eigenvalue weighted by Gasteiger charge is -2.17. The summed E-state index contributed by atoms with van der Waals surface area (Å²) in [5.41, 5.74) is 1.59. The Morgan fingerprint density at radius 1 is 1.45 bits per heavy atom. The summed E-state index contributed by atoms with van der Waals surface area (Å²) in [5.74, 6) is -0.957. The van der Waals surface area contributed by atoms with Crippen molar-refractivity contribution in [3.63, 3.8) is 0 Å². The van der Waals surface area contributed by atoms with E-state index in [1.165, 1.54) is 0 Å². The van der Waals surface area contributed by atoms with Crippen molar-refractivity contribution in [1.29, 1.82) is 0 Å². The van der Waals surface area contributed by atoms with E-state index in [9.17, 15) is 14.7 Å². The first kappa shape index (κ1) is 12.7. The van der Waals surface area contributed by atoms with Crippen LogP contribution in [0.15, 0.2) is 18.3 Å². The van der Waals surface area contributed by atoms with Crippen LogP contribution in [-0.2, 0) is 11.3 Å². The average Bonchev–Trinajstić information content (AvgIpc) is 3.03. The van der Waals surface area contributed by atoms with Gasteiger partial charge in [-0.25, -0.2) is 4.79 Å². The van der Waals surface area contributed by atoms with Gasteiger partial charge in [0, 0.05) is 24.9 Å². The second kappa shape index (κ2) is 4.63. The number of hydrogen-bond donors (Lipinski definition) is 1. The van der Waals surface area contributed by atoms with E-state index in [1.54, 1.807) is 27.9 Å². The van der Waals surface area contributed by atoms with Crippen molar-refractivity contribution in [2.45, 2.75) is 26.3 Å². The van der Waals surface area contributed by atoms with Crippen LogP contribution in [0.4, 0.5) is 5.69 Å². The lowest BCUT2D eigenvalue weighted by atomic mass is 10.1. The van der Waals surface area contributed by atoms with Crippen molar-refractivity contribution in [2.24, 2.45) is 0 Å². The van der Waals surface area contributed by atoms with Crippen molar-refractivity contribution in [3.05, 3.63) is 23.9 Å². The molecule has 1 aliphatic rings. The maximum absolute atomic E-state index is 11.9. The molecule has 0 saturated carbocycles. The molecule has 1 aliphatic heterocycles. The zero-order valence-electron chi connectivity index (χ0n) is 11.2. The van der Waals surface area contributed by atoms with E-state index in [-0.39, 0.29) is 11.5 Å². The van der Waals surface area contributed by atoms with Crippen LogP contribution in [-0.4, -0.2) is 33.3 Å². The highest BCUT2D eigenvalue weighted by atomic mass is 16.4. The Labute approximate surface area is 115 Å². The molecule has 104 valence electrons. The van der Waals surface area contributed by atoms with Crippen LogP contribution in [0.5, 0.6) is 0 Å². The molecule has 1 N–H and O–H groups in total. The molecule has 1 aromatic heterocycles. The number of benzene rings is 1. The molecule has 0 bridgehead atoms. The highest BCUT2D eigenvalue weighted by molar-refractivity contribution is 6.06. The molecule has 20 heavy (non-hydrogen) atoms. The maximum Gasteiger partial charge on any atom is 0.335 e. The van der Waals surface area contributed by atoms with E-state index in [0.717, 1.165) is 17.3 Å². The Bertz CT molecular complexity index is 705. The van der Waals surface area contributed by atoms with Crippen LogP contribution >= 0.6 is 0 Å². The smallest absolute Gasteiger partial charge is 0.335 e. The number of carbonyl (C=O) groups excluding carboxylic acids is 1. The van der Waals surface area contributed by atoms with E-state index >= 15 is 0 Å². The summed E-state index contributed by atoms with van der Waals surface area (Å²) < 4.78 is 1.74. The van der Waals surface area contributed by atoms with E-state index in [1.807, 2.05) is 6.92 Å². The molecule has 1 amide bonds. The van der Waals surface area contributed by atoms with Crippen molar-refractivity contribution in [3.8, 4) is 0 Å². The minimum absolute atomic E-state index is 0.0399. The number of aromatic carboxylic acids is 1. The van der Waals surface area contributed by atoms with Gasteiger partial charge >= 0.3 is 5.97 Å². The highest BCUT2D eigenvalue weighted by Crippen LogP contribution is 2.31. The summed E-state index contributed by atoms with van der Waals surface area (Å²) in [5, 5.41) is 14.3. The first-order valence-corrected chi connectivity index (χ1v) is 6.65. The third kappa shape index (κ3) is 1.84. The summed E-state index contributed by atoms with van der Waals surface area (Å²) in [6.45, 7) is 3.23. The van der Waals surface area contributed by atoms with Gasteiger partial charge in [-0.3, -0.25) is 9.48 Å². The maximum atomic E-state index is 11.9. The molecule has 0 unspecified atom stereocenters. The van der Waals surface area contributed by atoms with Crippen molar-refractivity contribution in [2.75, 3.05) is 11.4 Å². The molecular weight excluding hydrogens is 258 g/mol. The number of aryl methyl sites for hydroxylation is 1. The number of carboxylic acids is 1. The Morgan fingerprint density at radius 2 is 2.25 bits per heavy atom. The Kier molecular flexibility index (Phi) is 2.93. The number of hydrogen-bond acceptors (Lipinski definition) is 3. The summed E-state index contributed by atoms with van der Waals surface area (Å²) in [4.78, 5) is 24.9. The molecule has 6 nitrogen and oxygen atoms in total. The molecule has 6 heteroatoms. The molecule has 0 spiro atoms. The zero-order chi connectivity index (χ0) is 14.3. The fourth-order valence-electron chi connectivity index (χ4n) is 2.66. The highest BCUT2D eigenvalue weighted by Gasteiger charge is 2.25. The van der Waals surface area contributed by atoms with Gasteiger partial charge in [0.15, 0.2) is 0 Å². The number of carbonyl (C=O) groups is 2. The fourth-order valence-corrected chi connectivity index (χ4v) is 2.66. The topological polar surface area (TPSA) is 75.4 Å². The zero-order valence-corrected chi connectivity index (χ0v) is 11.2. The monoisotopic (exact) mass is 273 g/mol. The minimum Gasteiger partial charge on any atom is -0.478 e. The normalized spacial score (nSPS) is 15.2. The lowest BCUT2D eigenvalue weighted by Crippen LogP contribution is -2.24. The molecule has 1 fully saturated rings. The quantitative estimate of drug-likeness (QED) is 0.926.